The Hall–Kier alpha value is -5.74. The lowest BCUT2D eigenvalue weighted by atomic mass is 9.93. The van der Waals surface area contributed by atoms with Crippen LogP contribution in [0, 0.1) is 0 Å². The molecule has 0 saturated carbocycles. The molecule has 2 N–H and O–H groups in total. The van der Waals surface area contributed by atoms with Crippen LogP contribution in [0.15, 0.2) is 110 Å². The Morgan fingerprint density at radius 1 is 0.593 bits per heavy atom. The molecule has 10 nitrogen and oxygen atoms in total. The van der Waals surface area contributed by atoms with E-state index in [0.717, 1.165) is 23.5 Å². The van der Waals surface area contributed by atoms with Crippen molar-refractivity contribution in [2.75, 3.05) is 13.2 Å². The second kappa shape index (κ2) is 15.7. The minimum Gasteiger partial charge on any atom is -0.463 e. The zero-order valence-corrected chi connectivity index (χ0v) is 28.8. The summed E-state index contributed by atoms with van der Waals surface area (Å²) in [7, 11) is 0. The number of alkyl halides is 6. The molecule has 0 radical (unpaired) electrons. The monoisotopic (exact) mass is 756 g/mol. The number of pyridine rings is 2. The van der Waals surface area contributed by atoms with Crippen LogP contribution in [0.25, 0.3) is 22.1 Å². The molecular weight excluding hydrogens is 722 g/mol. The number of ether oxygens (including phenoxy) is 2. The number of hydrogen-bond acceptors (Lipinski definition) is 8. The van der Waals surface area contributed by atoms with Crippen molar-refractivity contribution >= 4 is 34.0 Å². The van der Waals surface area contributed by atoms with Gasteiger partial charge in [0.2, 0.25) is 0 Å². The number of carbonyl (C=O) groups excluding carboxylic acids is 2. The molecule has 2 atom stereocenters. The topological polar surface area (TPSA) is 129 Å². The molecule has 16 heteroatoms. The van der Waals surface area contributed by atoms with Gasteiger partial charge in [0.25, 0.3) is 11.2 Å². The molecule has 6 aromatic rings. The first-order chi connectivity index (χ1) is 25.6. The van der Waals surface area contributed by atoms with Crippen LogP contribution in [-0.4, -0.2) is 66.8 Å². The van der Waals surface area contributed by atoms with Crippen LogP contribution in [0.1, 0.15) is 36.1 Å². The number of aromatic nitrogens is 4. The van der Waals surface area contributed by atoms with Gasteiger partial charge in [0, 0.05) is 59.8 Å². The molecule has 0 aliphatic heterocycles. The highest BCUT2D eigenvalue weighted by atomic mass is 19.4. The molecule has 0 fully saturated rings. The molecule has 0 aliphatic rings. The molecule has 0 spiro atoms. The molecule has 54 heavy (non-hydrogen) atoms. The van der Waals surface area contributed by atoms with Gasteiger partial charge in [-0.2, -0.15) is 26.3 Å². The summed E-state index contributed by atoms with van der Waals surface area (Å²) in [5.74, 6) is -3.53. The first-order valence-corrected chi connectivity index (χ1v) is 16.5. The van der Waals surface area contributed by atoms with Crippen LogP contribution in [-0.2, 0) is 43.4 Å². The molecular formula is C38H34F6N4O6. The molecule has 4 heterocycles. The number of nitrogens with zero attached hydrogens (tertiary/aromatic N) is 4. The van der Waals surface area contributed by atoms with Crippen LogP contribution in [0.4, 0.5) is 26.3 Å². The largest absolute Gasteiger partial charge is 0.463 e. The number of rotatable bonds is 10. The summed E-state index contributed by atoms with van der Waals surface area (Å²) < 4.78 is 94.5. The fourth-order valence-corrected chi connectivity index (χ4v) is 5.85. The van der Waals surface area contributed by atoms with E-state index in [1.54, 1.807) is 24.3 Å². The number of aliphatic hydroxyl groups is 2. The summed E-state index contributed by atoms with van der Waals surface area (Å²) >= 11 is 0. The maximum absolute atomic E-state index is 13.7. The van der Waals surface area contributed by atoms with Crippen molar-refractivity contribution in [1.82, 2.24) is 19.1 Å². The van der Waals surface area contributed by atoms with Crippen molar-refractivity contribution < 1.29 is 55.6 Å². The molecule has 2 unspecified atom stereocenters. The summed E-state index contributed by atoms with van der Waals surface area (Å²) in [6.45, 7) is 2.61. The average Bonchev–Trinajstić information content (AvgIpc) is 3.70. The number of carbonyl (C=O) groups is 2. The lowest BCUT2D eigenvalue weighted by Gasteiger charge is -2.27. The molecule has 0 aliphatic carbocycles. The number of benzene rings is 2. The van der Waals surface area contributed by atoms with E-state index in [-0.39, 0.29) is 48.4 Å². The Labute approximate surface area is 304 Å². The smallest absolute Gasteiger partial charge is 0.432 e. The molecule has 0 amide bonds. The Bertz CT molecular complexity index is 2060. The van der Waals surface area contributed by atoms with Gasteiger partial charge in [-0.15, -0.1) is 0 Å². The lowest BCUT2D eigenvalue weighted by molar-refractivity contribution is -0.268. The van der Waals surface area contributed by atoms with Gasteiger partial charge < -0.3 is 28.8 Å². The van der Waals surface area contributed by atoms with Crippen molar-refractivity contribution in [2.45, 2.75) is 50.5 Å². The van der Waals surface area contributed by atoms with Crippen LogP contribution in [0.5, 0.6) is 0 Å². The van der Waals surface area contributed by atoms with E-state index in [1.165, 1.54) is 59.6 Å². The summed E-state index contributed by atoms with van der Waals surface area (Å²) in [6.07, 6.45) is -5.44. The zero-order valence-electron chi connectivity index (χ0n) is 28.8. The van der Waals surface area contributed by atoms with Crippen molar-refractivity contribution in [3.8, 4) is 0 Å². The fourth-order valence-electron chi connectivity index (χ4n) is 5.85. The minimum absolute atomic E-state index is 0.0290. The molecule has 0 bridgehead atoms. The standard InChI is InChI=1S/2C19H17F3N2O3/c2*1-2-27-17(25)18(26,19(20,21)22)15-12-24(11-13-7-4-3-5-8-13)16-14(15)9-6-10-23-16/h2*3-10,12,26H,2,11H2,1H3. The number of hydrogen-bond donors (Lipinski definition) is 2. The quantitative estimate of drug-likeness (QED) is 0.116. The molecule has 4 aromatic heterocycles. The third kappa shape index (κ3) is 7.52. The average molecular weight is 757 g/mol. The summed E-state index contributed by atoms with van der Waals surface area (Å²) in [4.78, 5) is 32.5. The fraction of sp³-hybridized carbons (Fsp3) is 0.263. The van der Waals surface area contributed by atoms with E-state index >= 15 is 0 Å². The Morgan fingerprint density at radius 3 is 1.26 bits per heavy atom. The highest BCUT2D eigenvalue weighted by molar-refractivity contribution is 5.92. The van der Waals surface area contributed by atoms with Gasteiger partial charge >= 0.3 is 24.3 Å². The number of esters is 2. The SMILES string of the molecule is CCOC(=O)C(O)(c1cn(Cc2ccccc2)c2ncccc12)C(F)(F)F.CCOC(=O)C(O)(c1cn(Cc2ccccc2)c2ncccc12)C(F)(F)F. The molecule has 0 saturated heterocycles. The van der Waals surface area contributed by atoms with E-state index in [2.05, 4.69) is 19.4 Å². The highest BCUT2D eigenvalue weighted by Crippen LogP contribution is 2.44. The van der Waals surface area contributed by atoms with Crippen molar-refractivity contribution in [3.05, 3.63) is 132 Å². The number of fused-ring (bicyclic) bond motifs is 2. The van der Waals surface area contributed by atoms with Gasteiger partial charge in [-0.1, -0.05) is 60.7 Å². The van der Waals surface area contributed by atoms with Gasteiger partial charge in [-0.25, -0.2) is 19.6 Å². The lowest BCUT2D eigenvalue weighted by Crippen LogP contribution is -2.50. The summed E-state index contributed by atoms with van der Waals surface area (Å²) in [5.41, 5.74) is -6.67. The maximum atomic E-state index is 13.7. The van der Waals surface area contributed by atoms with Gasteiger partial charge in [0.05, 0.1) is 13.2 Å². The Kier molecular flexibility index (Phi) is 11.5. The molecule has 284 valence electrons. The van der Waals surface area contributed by atoms with Crippen molar-refractivity contribution in [1.29, 1.82) is 0 Å². The van der Waals surface area contributed by atoms with E-state index < -0.39 is 46.6 Å². The highest BCUT2D eigenvalue weighted by Gasteiger charge is 2.64. The van der Waals surface area contributed by atoms with E-state index in [4.69, 9.17) is 0 Å². The third-order valence-electron chi connectivity index (χ3n) is 8.40. The van der Waals surface area contributed by atoms with Crippen LogP contribution in [0.2, 0.25) is 0 Å². The summed E-state index contributed by atoms with van der Waals surface area (Å²) in [6, 6.07) is 23.8. The second-order valence-corrected chi connectivity index (χ2v) is 11.9. The Balaban J connectivity index is 0.000000208. The maximum Gasteiger partial charge on any atom is 0.432 e. The van der Waals surface area contributed by atoms with Crippen molar-refractivity contribution in [2.24, 2.45) is 0 Å². The number of halogens is 6. The second-order valence-electron chi connectivity index (χ2n) is 11.9. The van der Waals surface area contributed by atoms with Crippen LogP contribution >= 0.6 is 0 Å². The van der Waals surface area contributed by atoms with Gasteiger partial charge in [0.1, 0.15) is 11.3 Å². The van der Waals surface area contributed by atoms with Crippen molar-refractivity contribution in [3.63, 3.8) is 0 Å². The van der Waals surface area contributed by atoms with E-state index in [9.17, 15) is 46.1 Å². The first kappa shape index (κ1) is 39.5. The van der Waals surface area contributed by atoms with Gasteiger partial charge in [0.15, 0.2) is 0 Å². The molecule has 6 rings (SSSR count). The van der Waals surface area contributed by atoms with Gasteiger partial charge in [-0.3, -0.25) is 0 Å². The van der Waals surface area contributed by atoms with E-state index in [0.29, 0.717) is 0 Å². The Morgan fingerprint density at radius 2 is 0.944 bits per heavy atom. The third-order valence-corrected chi connectivity index (χ3v) is 8.40. The predicted molar refractivity (Wildman–Crippen MR) is 184 cm³/mol. The predicted octanol–water partition coefficient (Wildman–Crippen LogP) is 6.80. The minimum atomic E-state index is -5.26. The van der Waals surface area contributed by atoms with Crippen LogP contribution in [0.3, 0.4) is 0 Å². The van der Waals surface area contributed by atoms with E-state index in [1.807, 2.05) is 36.4 Å². The van der Waals surface area contributed by atoms with Gasteiger partial charge in [-0.05, 0) is 49.2 Å². The zero-order chi connectivity index (χ0) is 39.3. The normalized spacial score (nSPS) is 14.1. The van der Waals surface area contributed by atoms with Crippen LogP contribution < -0.4 is 0 Å². The molecule has 2 aromatic carbocycles. The first-order valence-electron chi connectivity index (χ1n) is 16.5. The summed E-state index contributed by atoms with van der Waals surface area (Å²) in [5, 5.41) is 21.0.